The SMILES string of the molecule is CC[Si](CC)(CC)c1cc2cc[n+](C)c3c4c(C)ccc5c6cc(CC(C)C)ccc6n(c(c1)c23)c54. The van der Waals surface area contributed by atoms with Gasteiger partial charge in [0.2, 0.25) is 5.52 Å². The van der Waals surface area contributed by atoms with Gasteiger partial charge < -0.3 is 4.40 Å². The van der Waals surface area contributed by atoms with Gasteiger partial charge in [0.15, 0.2) is 6.20 Å². The highest BCUT2D eigenvalue weighted by molar-refractivity contribution is 6.92. The first-order valence-corrected chi connectivity index (χ1v) is 16.5. The van der Waals surface area contributed by atoms with E-state index in [9.17, 15) is 0 Å². The van der Waals surface area contributed by atoms with Crippen LogP contribution in [0.2, 0.25) is 18.1 Å². The lowest BCUT2D eigenvalue weighted by Gasteiger charge is -2.29. The number of aryl methyl sites for hydroxylation is 2. The normalized spacial score (nSPS) is 13.0. The summed E-state index contributed by atoms with van der Waals surface area (Å²) in [5, 5.41) is 8.59. The van der Waals surface area contributed by atoms with E-state index in [1.807, 2.05) is 0 Å². The minimum atomic E-state index is -1.55. The van der Waals surface area contributed by atoms with E-state index >= 15 is 0 Å². The van der Waals surface area contributed by atoms with Crippen LogP contribution in [-0.4, -0.2) is 12.5 Å². The van der Waals surface area contributed by atoms with Crippen molar-refractivity contribution in [2.45, 2.75) is 66.1 Å². The molecule has 3 heterocycles. The first-order chi connectivity index (χ1) is 17.3. The van der Waals surface area contributed by atoms with Crippen molar-refractivity contribution in [3.63, 3.8) is 0 Å². The molecule has 36 heavy (non-hydrogen) atoms. The van der Waals surface area contributed by atoms with Gasteiger partial charge in [-0.05, 0) is 54.0 Å². The maximum Gasteiger partial charge on any atom is 0.224 e. The Morgan fingerprint density at radius 1 is 0.833 bits per heavy atom. The lowest BCUT2D eigenvalue weighted by Crippen LogP contribution is -2.45. The van der Waals surface area contributed by atoms with E-state index in [-0.39, 0.29) is 0 Å². The average molecular weight is 492 g/mol. The molecule has 0 atom stereocenters. The second-order valence-electron chi connectivity index (χ2n) is 11.5. The summed E-state index contributed by atoms with van der Waals surface area (Å²) in [7, 11) is 0.670. The van der Waals surface area contributed by atoms with Gasteiger partial charge in [-0.1, -0.05) is 82.2 Å². The van der Waals surface area contributed by atoms with Crippen LogP contribution in [0.15, 0.2) is 54.7 Å². The molecule has 0 bridgehead atoms. The quantitative estimate of drug-likeness (QED) is 0.0964. The van der Waals surface area contributed by atoms with Crippen LogP contribution in [0.3, 0.4) is 0 Å². The van der Waals surface area contributed by atoms with E-state index in [1.165, 1.54) is 78.3 Å². The van der Waals surface area contributed by atoms with Gasteiger partial charge in [-0.15, -0.1) is 0 Å². The van der Waals surface area contributed by atoms with Gasteiger partial charge >= 0.3 is 0 Å². The van der Waals surface area contributed by atoms with E-state index in [4.69, 9.17) is 0 Å². The largest absolute Gasteiger partial charge is 0.307 e. The van der Waals surface area contributed by atoms with Crippen molar-refractivity contribution in [3.8, 4) is 0 Å². The third kappa shape index (κ3) is 3.11. The molecule has 0 saturated heterocycles. The predicted octanol–water partition coefficient (Wildman–Crippen LogP) is 8.04. The Kier molecular flexibility index (Phi) is 5.42. The van der Waals surface area contributed by atoms with Crippen molar-refractivity contribution >= 4 is 62.3 Å². The number of pyridine rings is 2. The molecule has 3 heteroatoms. The molecule has 2 nitrogen and oxygen atoms in total. The van der Waals surface area contributed by atoms with Crippen molar-refractivity contribution in [1.82, 2.24) is 4.40 Å². The Morgan fingerprint density at radius 3 is 2.28 bits per heavy atom. The molecule has 0 unspecified atom stereocenters. The monoisotopic (exact) mass is 491 g/mol. The molecule has 3 aromatic carbocycles. The molecule has 0 amide bonds. The Morgan fingerprint density at radius 2 is 1.58 bits per heavy atom. The van der Waals surface area contributed by atoms with Crippen molar-refractivity contribution in [3.05, 3.63) is 65.9 Å². The third-order valence-corrected chi connectivity index (χ3v) is 14.8. The molecule has 3 aromatic heterocycles. The highest BCUT2D eigenvalue weighted by atomic mass is 28.3. The van der Waals surface area contributed by atoms with Gasteiger partial charge in [-0.25, -0.2) is 4.57 Å². The van der Waals surface area contributed by atoms with Crippen LogP contribution in [0.5, 0.6) is 0 Å². The molecular weight excluding hydrogens is 452 g/mol. The van der Waals surface area contributed by atoms with E-state index < -0.39 is 8.07 Å². The highest BCUT2D eigenvalue weighted by Crippen LogP contribution is 2.41. The number of aromatic nitrogens is 2. The van der Waals surface area contributed by atoms with Crippen LogP contribution in [0.25, 0.3) is 49.0 Å². The fourth-order valence-corrected chi connectivity index (χ4v) is 10.7. The summed E-state index contributed by atoms with van der Waals surface area (Å²) in [5.74, 6) is 0.652. The first-order valence-electron chi connectivity index (χ1n) is 13.9. The van der Waals surface area contributed by atoms with Crippen LogP contribution in [-0.2, 0) is 13.5 Å². The van der Waals surface area contributed by atoms with Crippen LogP contribution < -0.4 is 9.75 Å². The van der Waals surface area contributed by atoms with Gasteiger partial charge in [0.1, 0.15) is 7.05 Å². The topological polar surface area (TPSA) is 8.29 Å². The Bertz CT molecular complexity index is 1760. The fraction of sp³-hybridized carbons (Fsp3) is 0.364. The standard InChI is InChI=1S/C33H39N2Si/c1-8-36(9-2,10-3)25-19-24-15-16-34(7)33-30-22(6)11-13-26-27-18-23(17-21(4)5)12-14-28(27)35(32(26)30)29(20-25)31(24)33/h11-16,18-21H,8-10,17H2,1-7H3/q+1. The number of hydrogen-bond acceptors (Lipinski definition) is 0. The first kappa shape index (κ1) is 23.5. The zero-order valence-corrected chi connectivity index (χ0v) is 24.0. The summed E-state index contributed by atoms with van der Waals surface area (Å²) in [4.78, 5) is 0. The van der Waals surface area contributed by atoms with Gasteiger partial charge in [0.05, 0.1) is 35.4 Å². The van der Waals surface area contributed by atoms with Gasteiger partial charge in [-0.2, -0.15) is 0 Å². The van der Waals surface area contributed by atoms with E-state index in [0.717, 1.165) is 6.42 Å². The summed E-state index contributed by atoms with van der Waals surface area (Å²) in [5.41, 5.74) is 8.27. The van der Waals surface area contributed by atoms with Crippen LogP contribution in [0.4, 0.5) is 0 Å². The predicted molar refractivity (Wildman–Crippen MR) is 160 cm³/mol. The number of fused-ring (bicyclic) bond motifs is 5. The molecular formula is C33H39N2Si+. The van der Waals surface area contributed by atoms with E-state index in [1.54, 1.807) is 5.19 Å². The van der Waals surface area contributed by atoms with Crippen LogP contribution in [0, 0.1) is 12.8 Å². The summed E-state index contributed by atoms with van der Waals surface area (Å²) in [6, 6.07) is 23.3. The lowest BCUT2D eigenvalue weighted by atomic mass is 9.99. The van der Waals surface area contributed by atoms with Gasteiger partial charge in [0.25, 0.3) is 0 Å². The molecule has 0 spiro atoms. The Hall–Kier alpha value is -2.91. The molecule has 0 aliphatic heterocycles. The van der Waals surface area contributed by atoms with Crippen LogP contribution in [0.1, 0.15) is 45.7 Å². The zero-order valence-electron chi connectivity index (χ0n) is 23.0. The minimum absolute atomic E-state index is 0.652. The van der Waals surface area contributed by atoms with Crippen molar-refractivity contribution in [1.29, 1.82) is 0 Å². The molecule has 0 radical (unpaired) electrons. The van der Waals surface area contributed by atoms with Crippen molar-refractivity contribution in [2.75, 3.05) is 0 Å². The molecule has 184 valence electrons. The van der Waals surface area contributed by atoms with Crippen LogP contribution >= 0.6 is 0 Å². The smallest absolute Gasteiger partial charge is 0.224 e. The van der Waals surface area contributed by atoms with Crippen molar-refractivity contribution in [2.24, 2.45) is 13.0 Å². The number of benzene rings is 3. The molecule has 0 saturated carbocycles. The summed E-state index contributed by atoms with van der Waals surface area (Å²) in [6.07, 6.45) is 3.39. The summed E-state index contributed by atoms with van der Waals surface area (Å²) < 4.78 is 4.97. The third-order valence-electron chi connectivity index (χ3n) is 9.18. The average Bonchev–Trinajstić information content (AvgIpc) is 3.19. The fourth-order valence-electron chi connectivity index (χ4n) is 7.03. The number of hydrogen-bond donors (Lipinski definition) is 0. The molecule has 0 N–H and O–H groups in total. The summed E-state index contributed by atoms with van der Waals surface area (Å²) >= 11 is 0. The molecule has 6 rings (SSSR count). The second kappa shape index (κ2) is 8.31. The maximum absolute atomic E-state index is 2.62. The number of rotatable bonds is 6. The Labute approximate surface area is 215 Å². The molecule has 0 aliphatic carbocycles. The number of nitrogens with zero attached hydrogens (tertiary/aromatic N) is 2. The zero-order chi connectivity index (χ0) is 25.4. The summed E-state index contributed by atoms with van der Waals surface area (Å²) in [6.45, 7) is 14.2. The molecule has 0 fully saturated rings. The second-order valence-corrected chi connectivity index (χ2v) is 16.8. The minimum Gasteiger partial charge on any atom is -0.307 e. The van der Waals surface area contributed by atoms with Gasteiger partial charge in [0, 0.05) is 16.8 Å². The molecule has 6 aromatic rings. The van der Waals surface area contributed by atoms with E-state index in [0.29, 0.717) is 5.92 Å². The van der Waals surface area contributed by atoms with Crippen molar-refractivity contribution < 1.29 is 4.57 Å². The highest BCUT2D eigenvalue weighted by Gasteiger charge is 2.31. The Balaban J connectivity index is 1.89. The maximum atomic E-state index is 2.62. The van der Waals surface area contributed by atoms with E-state index in [2.05, 4.69) is 112 Å². The molecule has 0 aliphatic rings. The lowest BCUT2D eigenvalue weighted by molar-refractivity contribution is -0.643. The van der Waals surface area contributed by atoms with Gasteiger partial charge in [-0.3, -0.25) is 0 Å².